The standard InChI is InChI=1S/C15H18N2O3/c18-13-9-16(10-13)15(20)11-4-6-12(7-5-11)17-8-2-1-3-14(17)19/h4-7,13,18H,1-3,8-10H2. The lowest BCUT2D eigenvalue weighted by atomic mass is 10.1. The van der Waals surface area contributed by atoms with Gasteiger partial charge in [-0.05, 0) is 37.1 Å². The molecule has 3 rings (SSSR count). The fourth-order valence-electron chi connectivity index (χ4n) is 2.67. The second kappa shape index (κ2) is 5.25. The van der Waals surface area contributed by atoms with E-state index < -0.39 is 0 Å². The van der Waals surface area contributed by atoms with Gasteiger partial charge in [0.1, 0.15) is 0 Å². The van der Waals surface area contributed by atoms with E-state index in [2.05, 4.69) is 0 Å². The van der Waals surface area contributed by atoms with Crippen molar-refractivity contribution >= 4 is 17.5 Å². The number of benzene rings is 1. The number of hydrogen-bond acceptors (Lipinski definition) is 3. The van der Waals surface area contributed by atoms with Crippen LogP contribution in [-0.2, 0) is 4.79 Å². The molecule has 2 amide bonds. The van der Waals surface area contributed by atoms with E-state index in [0.717, 1.165) is 25.1 Å². The van der Waals surface area contributed by atoms with Gasteiger partial charge in [-0.2, -0.15) is 0 Å². The average molecular weight is 274 g/mol. The summed E-state index contributed by atoms with van der Waals surface area (Å²) in [5.74, 6) is 0.0908. The number of carbonyl (C=O) groups is 2. The van der Waals surface area contributed by atoms with Gasteiger partial charge in [-0.25, -0.2) is 0 Å². The first-order valence-electron chi connectivity index (χ1n) is 7.03. The molecule has 2 heterocycles. The molecular weight excluding hydrogens is 256 g/mol. The van der Waals surface area contributed by atoms with Crippen molar-refractivity contribution in [2.75, 3.05) is 24.5 Å². The highest BCUT2D eigenvalue weighted by molar-refractivity contribution is 5.97. The Bertz CT molecular complexity index is 520. The molecule has 1 aromatic carbocycles. The normalized spacial score (nSPS) is 19.9. The molecule has 2 saturated heterocycles. The summed E-state index contributed by atoms with van der Waals surface area (Å²) in [7, 11) is 0. The van der Waals surface area contributed by atoms with Crippen molar-refractivity contribution in [3.05, 3.63) is 29.8 Å². The van der Waals surface area contributed by atoms with Crippen molar-refractivity contribution in [1.82, 2.24) is 4.90 Å². The first kappa shape index (κ1) is 13.1. The van der Waals surface area contributed by atoms with E-state index in [1.54, 1.807) is 21.9 Å². The molecule has 2 aliphatic rings. The van der Waals surface area contributed by atoms with Crippen LogP contribution in [0.5, 0.6) is 0 Å². The summed E-state index contributed by atoms with van der Waals surface area (Å²) in [6.07, 6.45) is 2.21. The Morgan fingerprint density at radius 2 is 1.85 bits per heavy atom. The Labute approximate surface area is 117 Å². The smallest absolute Gasteiger partial charge is 0.254 e. The van der Waals surface area contributed by atoms with Gasteiger partial charge in [-0.15, -0.1) is 0 Å². The Kier molecular flexibility index (Phi) is 3.44. The molecule has 0 spiro atoms. The zero-order chi connectivity index (χ0) is 14.1. The molecule has 0 radical (unpaired) electrons. The fraction of sp³-hybridized carbons (Fsp3) is 0.467. The summed E-state index contributed by atoms with van der Waals surface area (Å²) < 4.78 is 0. The molecule has 0 atom stereocenters. The van der Waals surface area contributed by atoms with E-state index in [1.807, 2.05) is 12.1 Å². The summed E-state index contributed by atoms with van der Waals surface area (Å²) in [5, 5.41) is 9.22. The number of hydrogen-bond donors (Lipinski definition) is 1. The molecule has 2 fully saturated rings. The van der Waals surface area contributed by atoms with E-state index in [9.17, 15) is 14.7 Å². The van der Waals surface area contributed by atoms with Gasteiger partial charge in [-0.1, -0.05) is 0 Å². The molecule has 106 valence electrons. The van der Waals surface area contributed by atoms with E-state index in [1.165, 1.54) is 0 Å². The summed E-state index contributed by atoms with van der Waals surface area (Å²) in [4.78, 5) is 27.3. The molecular formula is C15H18N2O3. The zero-order valence-corrected chi connectivity index (χ0v) is 11.3. The molecule has 20 heavy (non-hydrogen) atoms. The number of β-amino-alcohol motifs (C(OH)–C–C–N with tert-alkyl or cyclic N) is 1. The van der Waals surface area contributed by atoms with Crippen molar-refractivity contribution in [3.8, 4) is 0 Å². The maximum atomic E-state index is 12.1. The Hall–Kier alpha value is -1.88. The SMILES string of the molecule is O=C(c1ccc(N2CCCCC2=O)cc1)N1CC(O)C1. The second-order valence-electron chi connectivity index (χ2n) is 5.41. The van der Waals surface area contributed by atoms with Crippen molar-refractivity contribution in [2.45, 2.75) is 25.4 Å². The number of anilines is 1. The van der Waals surface area contributed by atoms with E-state index in [-0.39, 0.29) is 17.9 Å². The number of piperidine rings is 1. The summed E-state index contributed by atoms with van der Waals surface area (Å²) >= 11 is 0. The predicted octanol–water partition coefficient (Wildman–Crippen LogP) is 1.02. The summed E-state index contributed by atoms with van der Waals surface area (Å²) in [6, 6.07) is 7.16. The largest absolute Gasteiger partial charge is 0.389 e. The van der Waals surface area contributed by atoms with Gasteiger partial charge in [0.15, 0.2) is 0 Å². The highest BCUT2D eigenvalue weighted by Crippen LogP contribution is 2.22. The first-order chi connectivity index (χ1) is 9.65. The minimum Gasteiger partial charge on any atom is -0.389 e. The number of rotatable bonds is 2. The molecule has 0 saturated carbocycles. The fourth-order valence-corrected chi connectivity index (χ4v) is 2.67. The molecule has 5 nitrogen and oxygen atoms in total. The van der Waals surface area contributed by atoms with Gasteiger partial charge in [0.2, 0.25) is 5.91 Å². The van der Waals surface area contributed by atoms with Crippen LogP contribution in [-0.4, -0.2) is 47.6 Å². The highest BCUT2D eigenvalue weighted by Gasteiger charge is 2.29. The van der Waals surface area contributed by atoms with E-state index in [0.29, 0.717) is 25.1 Å². The van der Waals surface area contributed by atoms with Crippen LogP contribution in [0.15, 0.2) is 24.3 Å². The molecule has 2 aliphatic heterocycles. The second-order valence-corrected chi connectivity index (χ2v) is 5.41. The molecule has 0 aliphatic carbocycles. The summed E-state index contributed by atoms with van der Waals surface area (Å²) in [6.45, 7) is 1.57. The van der Waals surface area contributed by atoms with Gasteiger partial charge in [0.25, 0.3) is 5.91 Å². The third-order valence-electron chi connectivity index (χ3n) is 3.90. The van der Waals surface area contributed by atoms with Crippen molar-refractivity contribution < 1.29 is 14.7 Å². The topological polar surface area (TPSA) is 60.9 Å². The Morgan fingerprint density at radius 3 is 2.45 bits per heavy atom. The minimum absolute atomic E-state index is 0.0631. The Morgan fingerprint density at radius 1 is 1.15 bits per heavy atom. The van der Waals surface area contributed by atoms with Gasteiger partial charge < -0.3 is 14.9 Å². The monoisotopic (exact) mass is 274 g/mol. The van der Waals surface area contributed by atoms with Crippen LogP contribution < -0.4 is 4.90 Å². The maximum absolute atomic E-state index is 12.1. The van der Waals surface area contributed by atoms with E-state index >= 15 is 0 Å². The van der Waals surface area contributed by atoms with Crippen molar-refractivity contribution in [2.24, 2.45) is 0 Å². The lowest BCUT2D eigenvalue weighted by Gasteiger charge is -2.36. The average Bonchev–Trinajstić information content (AvgIpc) is 2.44. The minimum atomic E-state index is -0.385. The van der Waals surface area contributed by atoms with Crippen LogP contribution in [0.2, 0.25) is 0 Å². The number of aliphatic hydroxyl groups excluding tert-OH is 1. The zero-order valence-electron chi connectivity index (χ0n) is 11.3. The van der Waals surface area contributed by atoms with E-state index in [4.69, 9.17) is 0 Å². The van der Waals surface area contributed by atoms with Gasteiger partial charge in [-0.3, -0.25) is 9.59 Å². The number of amides is 2. The Balaban J connectivity index is 1.71. The van der Waals surface area contributed by atoms with Gasteiger partial charge in [0, 0.05) is 37.3 Å². The van der Waals surface area contributed by atoms with Crippen molar-refractivity contribution in [1.29, 1.82) is 0 Å². The first-order valence-corrected chi connectivity index (χ1v) is 7.03. The number of likely N-dealkylation sites (tertiary alicyclic amines) is 1. The summed E-state index contributed by atoms with van der Waals surface area (Å²) in [5.41, 5.74) is 1.46. The number of nitrogens with zero attached hydrogens (tertiary/aromatic N) is 2. The molecule has 1 N–H and O–H groups in total. The quantitative estimate of drug-likeness (QED) is 0.876. The number of aliphatic hydroxyl groups is 1. The third kappa shape index (κ3) is 2.41. The molecule has 0 aromatic heterocycles. The lowest BCUT2D eigenvalue weighted by Crippen LogP contribution is -2.53. The lowest BCUT2D eigenvalue weighted by molar-refractivity contribution is -0.119. The van der Waals surface area contributed by atoms with Crippen LogP contribution in [0, 0.1) is 0 Å². The third-order valence-corrected chi connectivity index (χ3v) is 3.90. The van der Waals surface area contributed by atoms with Crippen LogP contribution in [0.3, 0.4) is 0 Å². The van der Waals surface area contributed by atoms with Crippen LogP contribution in [0.4, 0.5) is 5.69 Å². The van der Waals surface area contributed by atoms with Crippen LogP contribution in [0.1, 0.15) is 29.6 Å². The van der Waals surface area contributed by atoms with Crippen molar-refractivity contribution in [3.63, 3.8) is 0 Å². The van der Waals surface area contributed by atoms with Crippen LogP contribution in [0.25, 0.3) is 0 Å². The molecule has 5 heteroatoms. The molecule has 0 bridgehead atoms. The van der Waals surface area contributed by atoms with Gasteiger partial charge >= 0.3 is 0 Å². The maximum Gasteiger partial charge on any atom is 0.254 e. The molecule has 0 unspecified atom stereocenters. The highest BCUT2D eigenvalue weighted by atomic mass is 16.3. The predicted molar refractivity (Wildman–Crippen MR) is 74.6 cm³/mol. The van der Waals surface area contributed by atoms with Crippen LogP contribution >= 0.6 is 0 Å². The number of carbonyl (C=O) groups excluding carboxylic acids is 2. The van der Waals surface area contributed by atoms with Gasteiger partial charge in [0.05, 0.1) is 6.10 Å². The molecule has 1 aromatic rings.